The Bertz CT molecular complexity index is 280. The molecule has 2 nitrogen and oxygen atoms in total. The van der Waals surface area contributed by atoms with E-state index >= 15 is 0 Å². The minimum absolute atomic E-state index is 0.0966. The highest BCUT2D eigenvalue weighted by Gasteiger charge is 2.07. The van der Waals surface area contributed by atoms with Crippen molar-refractivity contribution < 1.29 is 13.5 Å². The Morgan fingerprint density at radius 2 is 2.25 bits per heavy atom. The SMILES string of the molecule is Cc1ncc(Br)cc1OC(F)F. The molecule has 1 heterocycles. The maximum absolute atomic E-state index is 11.8. The van der Waals surface area contributed by atoms with Crippen molar-refractivity contribution in [1.82, 2.24) is 4.98 Å². The molecule has 0 aliphatic rings. The molecule has 0 fully saturated rings. The molecule has 0 aliphatic heterocycles. The van der Waals surface area contributed by atoms with E-state index in [9.17, 15) is 8.78 Å². The highest BCUT2D eigenvalue weighted by molar-refractivity contribution is 9.10. The van der Waals surface area contributed by atoms with Crippen molar-refractivity contribution in [2.45, 2.75) is 13.5 Å². The topological polar surface area (TPSA) is 22.1 Å². The van der Waals surface area contributed by atoms with Gasteiger partial charge in [-0.2, -0.15) is 8.78 Å². The van der Waals surface area contributed by atoms with Crippen molar-refractivity contribution in [3.8, 4) is 5.75 Å². The molecule has 1 aromatic rings. The van der Waals surface area contributed by atoms with Gasteiger partial charge < -0.3 is 4.74 Å². The zero-order valence-corrected chi connectivity index (χ0v) is 7.81. The van der Waals surface area contributed by atoms with Crippen LogP contribution < -0.4 is 4.74 Å². The Hall–Kier alpha value is -0.710. The number of hydrogen-bond donors (Lipinski definition) is 0. The van der Waals surface area contributed by atoms with Gasteiger partial charge in [0.25, 0.3) is 0 Å². The fraction of sp³-hybridized carbons (Fsp3) is 0.286. The summed E-state index contributed by atoms with van der Waals surface area (Å²) in [7, 11) is 0. The van der Waals surface area contributed by atoms with E-state index in [0.717, 1.165) is 0 Å². The molecular formula is C7H6BrF2NO. The summed E-state index contributed by atoms with van der Waals surface area (Å²) in [4.78, 5) is 3.83. The van der Waals surface area contributed by atoms with Gasteiger partial charge in [0.2, 0.25) is 0 Å². The van der Waals surface area contributed by atoms with Gasteiger partial charge in [0.1, 0.15) is 5.75 Å². The molecule has 1 aromatic heterocycles. The third kappa shape index (κ3) is 2.41. The van der Waals surface area contributed by atoms with Crippen molar-refractivity contribution in [1.29, 1.82) is 0 Å². The van der Waals surface area contributed by atoms with E-state index in [1.807, 2.05) is 0 Å². The van der Waals surface area contributed by atoms with Crippen LogP contribution in [0.3, 0.4) is 0 Å². The molecule has 5 heteroatoms. The number of hydrogen-bond acceptors (Lipinski definition) is 2. The molecule has 0 aliphatic carbocycles. The number of aromatic nitrogens is 1. The first-order valence-electron chi connectivity index (χ1n) is 3.16. The predicted octanol–water partition coefficient (Wildman–Crippen LogP) is 2.75. The van der Waals surface area contributed by atoms with Crippen LogP contribution in [0.4, 0.5) is 8.78 Å². The van der Waals surface area contributed by atoms with Gasteiger partial charge in [-0.05, 0) is 28.9 Å². The lowest BCUT2D eigenvalue weighted by Crippen LogP contribution is -2.03. The van der Waals surface area contributed by atoms with Crippen LogP contribution in [-0.4, -0.2) is 11.6 Å². The van der Waals surface area contributed by atoms with Crippen molar-refractivity contribution >= 4 is 15.9 Å². The number of nitrogens with zero attached hydrogens (tertiary/aromatic N) is 1. The average molecular weight is 238 g/mol. The Kier molecular flexibility index (Phi) is 2.97. The van der Waals surface area contributed by atoms with Gasteiger partial charge in [0, 0.05) is 10.7 Å². The summed E-state index contributed by atoms with van der Waals surface area (Å²) >= 11 is 3.10. The molecule has 0 saturated carbocycles. The summed E-state index contributed by atoms with van der Waals surface area (Å²) < 4.78 is 28.3. The summed E-state index contributed by atoms with van der Waals surface area (Å²) in [5.74, 6) is 0.0966. The van der Waals surface area contributed by atoms with Crippen molar-refractivity contribution in [3.05, 3.63) is 22.4 Å². The molecule has 0 unspecified atom stereocenters. The lowest BCUT2D eigenvalue weighted by Gasteiger charge is -2.06. The second kappa shape index (κ2) is 3.80. The van der Waals surface area contributed by atoms with Gasteiger partial charge in [0.15, 0.2) is 0 Å². The van der Waals surface area contributed by atoms with E-state index < -0.39 is 6.61 Å². The average Bonchev–Trinajstić information content (AvgIpc) is 1.96. The van der Waals surface area contributed by atoms with Crippen LogP contribution in [-0.2, 0) is 0 Å². The molecule has 0 amide bonds. The first kappa shape index (κ1) is 9.38. The molecule has 1 rings (SSSR count). The molecular weight excluding hydrogens is 232 g/mol. The van der Waals surface area contributed by atoms with Crippen molar-refractivity contribution in [2.24, 2.45) is 0 Å². The lowest BCUT2D eigenvalue weighted by atomic mass is 10.3. The van der Waals surface area contributed by atoms with Crippen LogP contribution in [0.15, 0.2) is 16.7 Å². The third-order valence-electron chi connectivity index (χ3n) is 1.22. The highest BCUT2D eigenvalue weighted by atomic mass is 79.9. The van der Waals surface area contributed by atoms with E-state index in [0.29, 0.717) is 10.2 Å². The minimum Gasteiger partial charge on any atom is -0.433 e. The molecule has 0 radical (unpaired) electrons. The minimum atomic E-state index is -2.81. The van der Waals surface area contributed by atoms with Crippen LogP contribution in [0, 0.1) is 6.92 Å². The second-order valence-electron chi connectivity index (χ2n) is 2.12. The normalized spacial score (nSPS) is 10.4. The quantitative estimate of drug-likeness (QED) is 0.790. The summed E-state index contributed by atoms with van der Waals surface area (Å²) in [6.45, 7) is -1.20. The smallest absolute Gasteiger partial charge is 0.387 e. The Morgan fingerprint density at radius 1 is 1.58 bits per heavy atom. The maximum Gasteiger partial charge on any atom is 0.387 e. The van der Waals surface area contributed by atoms with E-state index in [1.54, 1.807) is 6.92 Å². The van der Waals surface area contributed by atoms with Gasteiger partial charge >= 0.3 is 6.61 Å². The first-order valence-corrected chi connectivity index (χ1v) is 3.96. The van der Waals surface area contributed by atoms with Crippen LogP contribution >= 0.6 is 15.9 Å². The molecule has 0 aromatic carbocycles. The molecule has 66 valence electrons. The van der Waals surface area contributed by atoms with E-state index in [2.05, 4.69) is 25.7 Å². The van der Waals surface area contributed by atoms with Crippen LogP contribution in [0.1, 0.15) is 5.69 Å². The second-order valence-corrected chi connectivity index (χ2v) is 3.03. The summed E-state index contributed by atoms with van der Waals surface area (Å²) in [6, 6.07) is 1.45. The number of aryl methyl sites for hydroxylation is 1. The highest BCUT2D eigenvalue weighted by Crippen LogP contribution is 2.21. The van der Waals surface area contributed by atoms with E-state index in [4.69, 9.17) is 0 Å². The number of ether oxygens (including phenoxy) is 1. The standard InChI is InChI=1S/C7H6BrF2NO/c1-4-6(12-7(9)10)2-5(8)3-11-4/h2-3,7H,1H3. The largest absolute Gasteiger partial charge is 0.433 e. The third-order valence-corrected chi connectivity index (χ3v) is 1.66. The van der Waals surface area contributed by atoms with Crippen LogP contribution in [0.5, 0.6) is 5.75 Å². The molecule has 0 saturated heterocycles. The molecule has 0 atom stereocenters. The number of rotatable bonds is 2. The zero-order valence-electron chi connectivity index (χ0n) is 6.22. The maximum atomic E-state index is 11.8. The van der Waals surface area contributed by atoms with E-state index in [-0.39, 0.29) is 5.75 Å². The van der Waals surface area contributed by atoms with Crippen LogP contribution in [0.2, 0.25) is 0 Å². The predicted molar refractivity (Wildman–Crippen MR) is 43.3 cm³/mol. The molecule has 0 N–H and O–H groups in total. The van der Waals surface area contributed by atoms with Gasteiger partial charge in [-0.1, -0.05) is 0 Å². The zero-order chi connectivity index (χ0) is 9.14. The summed E-state index contributed by atoms with van der Waals surface area (Å²) in [6.07, 6.45) is 1.52. The van der Waals surface area contributed by atoms with E-state index in [1.165, 1.54) is 12.3 Å². The van der Waals surface area contributed by atoms with Crippen molar-refractivity contribution in [2.75, 3.05) is 0 Å². The molecule has 12 heavy (non-hydrogen) atoms. The molecule has 0 bridgehead atoms. The Balaban J connectivity index is 2.90. The molecule has 0 spiro atoms. The summed E-state index contributed by atoms with van der Waals surface area (Å²) in [5, 5.41) is 0. The van der Waals surface area contributed by atoms with Gasteiger partial charge in [0.05, 0.1) is 5.69 Å². The fourth-order valence-electron chi connectivity index (χ4n) is 0.704. The summed E-state index contributed by atoms with van der Waals surface area (Å²) in [5.41, 5.74) is 0.443. The Morgan fingerprint density at radius 3 is 2.83 bits per heavy atom. The lowest BCUT2D eigenvalue weighted by molar-refractivity contribution is -0.0506. The number of alkyl halides is 2. The number of pyridine rings is 1. The van der Waals surface area contributed by atoms with Gasteiger partial charge in [-0.25, -0.2) is 0 Å². The Labute approximate surface area is 76.7 Å². The van der Waals surface area contributed by atoms with Crippen molar-refractivity contribution in [3.63, 3.8) is 0 Å². The van der Waals surface area contributed by atoms with Gasteiger partial charge in [-0.3, -0.25) is 4.98 Å². The van der Waals surface area contributed by atoms with Crippen LogP contribution in [0.25, 0.3) is 0 Å². The number of halogens is 3. The van der Waals surface area contributed by atoms with Gasteiger partial charge in [-0.15, -0.1) is 0 Å². The fourth-order valence-corrected chi connectivity index (χ4v) is 1.01. The monoisotopic (exact) mass is 237 g/mol. The first-order chi connectivity index (χ1) is 5.59.